The molecule has 0 fully saturated rings. The molecule has 1 unspecified atom stereocenters. The van der Waals surface area contributed by atoms with Gasteiger partial charge in [0, 0.05) is 18.3 Å². The number of carbonyl (C=O) groups is 1. The zero-order chi connectivity index (χ0) is 16.4. The summed E-state index contributed by atoms with van der Waals surface area (Å²) in [5.41, 5.74) is 2.63. The largest absolute Gasteiger partial charge is 0.433 e. The molecule has 2 heterocycles. The number of cyclic esters (lactones) is 1. The Morgan fingerprint density at radius 1 is 0.917 bits per heavy atom. The van der Waals surface area contributed by atoms with Crippen LogP contribution in [0.4, 0.5) is 5.82 Å². The van der Waals surface area contributed by atoms with Gasteiger partial charge in [0.25, 0.3) is 0 Å². The molecule has 0 aliphatic carbocycles. The minimum atomic E-state index is -0.469. The lowest BCUT2D eigenvalue weighted by Gasteiger charge is -2.29. The fourth-order valence-corrected chi connectivity index (χ4v) is 2.95. The summed E-state index contributed by atoms with van der Waals surface area (Å²) in [6.07, 6.45) is 1.28. The molecule has 0 N–H and O–H groups in total. The van der Waals surface area contributed by atoms with Gasteiger partial charge in [0.2, 0.25) is 6.23 Å². The molecule has 4 heteroatoms. The molecular weight excluding hydrogens is 300 g/mol. The van der Waals surface area contributed by atoms with Gasteiger partial charge >= 0.3 is 5.97 Å². The van der Waals surface area contributed by atoms with Crippen LogP contribution in [0.5, 0.6) is 0 Å². The van der Waals surface area contributed by atoms with Gasteiger partial charge in [-0.2, -0.15) is 0 Å². The van der Waals surface area contributed by atoms with Crippen LogP contribution in [0.1, 0.15) is 27.7 Å². The van der Waals surface area contributed by atoms with Crippen molar-refractivity contribution in [1.29, 1.82) is 0 Å². The number of hydrogen-bond acceptors (Lipinski definition) is 4. The second-order valence-corrected chi connectivity index (χ2v) is 5.65. The van der Waals surface area contributed by atoms with Crippen LogP contribution in [-0.4, -0.2) is 11.0 Å². The van der Waals surface area contributed by atoms with E-state index in [2.05, 4.69) is 17.1 Å². The maximum absolute atomic E-state index is 12.2. The highest BCUT2D eigenvalue weighted by Crippen LogP contribution is 2.36. The highest BCUT2D eigenvalue weighted by molar-refractivity contribution is 5.94. The first-order valence-corrected chi connectivity index (χ1v) is 7.84. The maximum atomic E-state index is 12.2. The summed E-state index contributed by atoms with van der Waals surface area (Å²) >= 11 is 0. The van der Waals surface area contributed by atoms with Crippen molar-refractivity contribution in [3.8, 4) is 0 Å². The Bertz CT molecular complexity index is 850. The van der Waals surface area contributed by atoms with Gasteiger partial charge in [-0.25, -0.2) is 9.78 Å². The average molecular weight is 316 g/mol. The summed E-state index contributed by atoms with van der Waals surface area (Å²) in [4.78, 5) is 18.7. The van der Waals surface area contributed by atoms with Gasteiger partial charge in [0.05, 0.1) is 5.56 Å². The molecule has 0 saturated carbocycles. The molecule has 0 saturated heterocycles. The minimum Gasteiger partial charge on any atom is -0.433 e. The third kappa shape index (κ3) is 2.63. The first kappa shape index (κ1) is 14.5. The van der Waals surface area contributed by atoms with E-state index in [1.807, 2.05) is 59.5 Å². The predicted molar refractivity (Wildman–Crippen MR) is 91.5 cm³/mol. The van der Waals surface area contributed by atoms with Gasteiger partial charge in [0.15, 0.2) is 0 Å². The number of nitrogens with zero attached hydrogens (tertiary/aromatic N) is 2. The third-order valence-electron chi connectivity index (χ3n) is 4.09. The molecule has 0 radical (unpaired) electrons. The molecule has 3 aromatic rings. The Balaban J connectivity index is 1.75. The Morgan fingerprint density at radius 3 is 2.46 bits per heavy atom. The number of fused-ring (bicyclic) bond motifs is 1. The zero-order valence-corrected chi connectivity index (χ0v) is 13.0. The van der Waals surface area contributed by atoms with Crippen molar-refractivity contribution < 1.29 is 9.53 Å². The van der Waals surface area contributed by atoms with Crippen molar-refractivity contribution in [2.75, 3.05) is 4.90 Å². The van der Waals surface area contributed by atoms with E-state index in [0.29, 0.717) is 12.1 Å². The Kier molecular flexibility index (Phi) is 3.71. The molecular formula is C20H16N2O2. The molecule has 118 valence electrons. The fourth-order valence-electron chi connectivity index (χ4n) is 2.95. The number of benzene rings is 2. The van der Waals surface area contributed by atoms with E-state index in [-0.39, 0.29) is 5.97 Å². The number of carbonyl (C=O) groups excluding carboxylic acids is 1. The molecule has 0 bridgehead atoms. The topological polar surface area (TPSA) is 42.4 Å². The smallest absolute Gasteiger partial charge is 0.340 e. The number of ether oxygens (including phenoxy) is 1. The Hall–Kier alpha value is -3.14. The van der Waals surface area contributed by atoms with Gasteiger partial charge in [-0.15, -0.1) is 0 Å². The molecule has 2 aromatic carbocycles. The van der Waals surface area contributed by atoms with E-state index in [4.69, 9.17) is 4.74 Å². The predicted octanol–water partition coefficient (Wildman–Crippen LogP) is 3.96. The molecule has 24 heavy (non-hydrogen) atoms. The standard InChI is InChI=1S/C20H16N2O2/c23-20-17-11-5-4-10-16(17)19(24-20)22(18-12-6-7-13-21-18)14-15-8-2-1-3-9-15/h1-13,19H,14H2. The van der Waals surface area contributed by atoms with E-state index in [1.54, 1.807) is 12.3 Å². The molecule has 4 nitrogen and oxygen atoms in total. The highest BCUT2D eigenvalue weighted by Gasteiger charge is 2.35. The summed E-state index contributed by atoms with van der Waals surface area (Å²) in [5, 5.41) is 0. The summed E-state index contributed by atoms with van der Waals surface area (Å²) in [7, 11) is 0. The minimum absolute atomic E-state index is 0.287. The summed E-state index contributed by atoms with van der Waals surface area (Å²) in [6, 6.07) is 23.3. The Labute approximate surface area is 140 Å². The van der Waals surface area contributed by atoms with Crippen LogP contribution < -0.4 is 4.90 Å². The summed E-state index contributed by atoms with van der Waals surface area (Å²) < 4.78 is 5.67. The van der Waals surface area contributed by atoms with Gasteiger partial charge in [0.1, 0.15) is 5.82 Å². The van der Waals surface area contributed by atoms with Gasteiger partial charge in [-0.3, -0.25) is 0 Å². The third-order valence-corrected chi connectivity index (χ3v) is 4.09. The lowest BCUT2D eigenvalue weighted by Crippen LogP contribution is -2.29. The number of aromatic nitrogens is 1. The lowest BCUT2D eigenvalue weighted by atomic mass is 10.1. The summed E-state index contributed by atoms with van der Waals surface area (Å²) in [6.45, 7) is 0.601. The van der Waals surface area contributed by atoms with Crippen LogP contribution in [0.25, 0.3) is 0 Å². The number of pyridine rings is 1. The van der Waals surface area contributed by atoms with Crippen molar-refractivity contribution in [3.63, 3.8) is 0 Å². The van der Waals surface area contributed by atoms with Crippen LogP contribution in [0.2, 0.25) is 0 Å². The molecule has 1 atom stereocenters. The molecule has 4 rings (SSSR count). The van der Waals surface area contributed by atoms with Crippen LogP contribution in [-0.2, 0) is 11.3 Å². The van der Waals surface area contributed by atoms with Crippen molar-refractivity contribution in [2.24, 2.45) is 0 Å². The van der Waals surface area contributed by atoms with E-state index in [1.165, 1.54) is 0 Å². The summed E-state index contributed by atoms with van der Waals surface area (Å²) in [5.74, 6) is 0.487. The first-order valence-electron chi connectivity index (χ1n) is 7.84. The van der Waals surface area contributed by atoms with Crippen LogP contribution in [0, 0.1) is 0 Å². The quantitative estimate of drug-likeness (QED) is 0.683. The number of anilines is 1. The molecule has 1 aliphatic rings. The second kappa shape index (κ2) is 6.16. The fraction of sp³-hybridized carbons (Fsp3) is 0.100. The first-order chi connectivity index (χ1) is 11.8. The number of hydrogen-bond donors (Lipinski definition) is 0. The molecule has 0 spiro atoms. The van der Waals surface area contributed by atoms with Crippen LogP contribution in [0.15, 0.2) is 79.0 Å². The van der Waals surface area contributed by atoms with Gasteiger partial charge in [-0.1, -0.05) is 54.6 Å². The highest BCUT2D eigenvalue weighted by atomic mass is 16.6. The van der Waals surface area contributed by atoms with Crippen LogP contribution >= 0.6 is 0 Å². The molecule has 1 aliphatic heterocycles. The second-order valence-electron chi connectivity index (χ2n) is 5.65. The van der Waals surface area contributed by atoms with Crippen molar-refractivity contribution in [2.45, 2.75) is 12.8 Å². The average Bonchev–Trinajstić information content (AvgIpc) is 2.98. The van der Waals surface area contributed by atoms with Crippen molar-refractivity contribution >= 4 is 11.8 Å². The number of esters is 1. The van der Waals surface area contributed by atoms with E-state index < -0.39 is 6.23 Å². The van der Waals surface area contributed by atoms with E-state index in [0.717, 1.165) is 16.9 Å². The monoisotopic (exact) mass is 316 g/mol. The SMILES string of the molecule is O=C1OC(N(Cc2ccccc2)c2ccccn2)c2ccccc21. The lowest BCUT2D eigenvalue weighted by molar-refractivity contribution is 0.0373. The maximum Gasteiger partial charge on any atom is 0.340 e. The van der Waals surface area contributed by atoms with Crippen molar-refractivity contribution in [1.82, 2.24) is 4.98 Å². The van der Waals surface area contributed by atoms with Gasteiger partial charge < -0.3 is 9.64 Å². The van der Waals surface area contributed by atoms with Crippen LogP contribution in [0.3, 0.4) is 0 Å². The van der Waals surface area contributed by atoms with E-state index >= 15 is 0 Å². The Morgan fingerprint density at radius 2 is 1.67 bits per heavy atom. The molecule has 1 aromatic heterocycles. The van der Waals surface area contributed by atoms with E-state index in [9.17, 15) is 4.79 Å². The van der Waals surface area contributed by atoms with Gasteiger partial charge in [-0.05, 0) is 23.8 Å². The zero-order valence-electron chi connectivity index (χ0n) is 13.0. The molecule has 0 amide bonds. The van der Waals surface area contributed by atoms with Crippen molar-refractivity contribution in [3.05, 3.63) is 95.7 Å². The normalized spacial score (nSPS) is 15.7. The number of rotatable bonds is 4.